The van der Waals surface area contributed by atoms with Gasteiger partial charge in [0.2, 0.25) is 0 Å². The molecule has 1 saturated carbocycles. The zero-order valence-corrected chi connectivity index (χ0v) is 17.3. The van der Waals surface area contributed by atoms with Gasteiger partial charge >= 0.3 is 0 Å². The predicted molar refractivity (Wildman–Crippen MR) is 118 cm³/mol. The number of nitrogens with zero attached hydrogens (tertiary/aromatic N) is 3. The van der Waals surface area contributed by atoms with E-state index in [1.807, 2.05) is 18.3 Å². The molecule has 2 N–H and O–H groups in total. The minimum atomic E-state index is 0.475. The lowest BCUT2D eigenvalue weighted by Crippen LogP contribution is -2.33. The van der Waals surface area contributed by atoms with Crippen LogP contribution in [-0.2, 0) is 0 Å². The summed E-state index contributed by atoms with van der Waals surface area (Å²) >= 11 is 6.37. The van der Waals surface area contributed by atoms with E-state index in [9.17, 15) is 0 Å². The van der Waals surface area contributed by atoms with E-state index in [4.69, 9.17) is 11.6 Å². The van der Waals surface area contributed by atoms with Gasteiger partial charge in [-0.25, -0.2) is 15.3 Å². The highest BCUT2D eigenvalue weighted by Gasteiger charge is 2.28. The Bertz CT molecular complexity index is 970. The number of aromatic amines is 1. The molecule has 2 fully saturated rings. The molecule has 1 radical (unpaired) electrons. The van der Waals surface area contributed by atoms with Crippen LogP contribution in [0, 0.1) is 11.8 Å². The van der Waals surface area contributed by atoms with Crippen molar-refractivity contribution in [1.82, 2.24) is 20.3 Å². The standard InChI is InChI=1S/C23H27ClN5/c24-21-12-17(20-14-27-23-19(20)2-1-9-26-23)13-22(29-21)28-18-5-3-15(4-6-18)16-7-10-25-11-8-16/h1-2,9,12-16,18H,3-8,10-11H2,(H,26,27)(H,28,29). The third kappa shape index (κ3) is 4.12. The molecule has 1 saturated heterocycles. The van der Waals surface area contributed by atoms with Crippen LogP contribution < -0.4 is 10.6 Å². The summed E-state index contributed by atoms with van der Waals surface area (Å²) in [7, 11) is 0. The summed E-state index contributed by atoms with van der Waals surface area (Å²) in [5.41, 5.74) is 3.05. The van der Waals surface area contributed by atoms with Crippen LogP contribution in [0.1, 0.15) is 38.5 Å². The SMILES string of the molecule is Clc1cc(-c2c[nH]c3ncccc23)cc(NC2CCC(C3CC[N]CC3)CC2)n1. The first-order chi connectivity index (χ1) is 14.3. The lowest BCUT2D eigenvalue weighted by atomic mass is 9.75. The minimum absolute atomic E-state index is 0.475. The maximum atomic E-state index is 6.37. The zero-order chi connectivity index (χ0) is 19.6. The highest BCUT2D eigenvalue weighted by atomic mass is 35.5. The highest BCUT2D eigenvalue weighted by Crippen LogP contribution is 2.36. The Morgan fingerprint density at radius 1 is 1.00 bits per heavy atom. The lowest BCUT2D eigenvalue weighted by Gasteiger charge is -2.36. The van der Waals surface area contributed by atoms with Crippen LogP contribution in [0.4, 0.5) is 5.82 Å². The maximum absolute atomic E-state index is 6.37. The van der Waals surface area contributed by atoms with E-state index < -0.39 is 0 Å². The molecule has 6 heteroatoms. The van der Waals surface area contributed by atoms with Gasteiger partial charge in [-0.2, -0.15) is 0 Å². The molecule has 1 aliphatic carbocycles. The average Bonchev–Trinajstić information content (AvgIpc) is 3.19. The number of pyridine rings is 2. The average molecular weight is 409 g/mol. The van der Waals surface area contributed by atoms with Crippen molar-refractivity contribution < 1.29 is 0 Å². The predicted octanol–water partition coefficient (Wildman–Crippen LogP) is 5.26. The van der Waals surface area contributed by atoms with Crippen LogP contribution in [-0.4, -0.2) is 34.1 Å². The molecule has 5 rings (SSSR count). The first kappa shape index (κ1) is 18.9. The molecule has 1 aliphatic heterocycles. The molecule has 0 unspecified atom stereocenters. The Morgan fingerprint density at radius 2 is 1.79 bits per heavy atom. The van der Waals surface area contributed by atoms with Crippen molar-refractivity contribution in [1.29, 1.82) is 0 Å². The molecular formula is C23H27ClN5. The second-order valence-electron chi connectivity index (χ2n) is 8.43. The molecule has 3 aromatic heterocycles. The van der Waals surface area contributed by atoms with E-state index in [1.54, 1.807) is 6.20 Å². The summed E-state index contributed by atoms with van der Waals surface area (Å²) in [5.74, 6) is 2.63. The monoisotopic (exact) mass is 408 g/mol. The molecule has 0 aromatic carbocycles. The molecule has 4 heterocycles. The number of H-pyrrole nitrogens is 1. The third-order valence-corrected chi connectivity index (χ3v) is 6.86. The van der Waals surface area contributed by atoms with E-state index in [-0.39, 0.29) is 0 Å². The smallest absolute Gasteiger partial charge is 0.137 e. The van der Waals surface area contributed by atoms with Crippen LogP contribution >= 0.6 is 11.6 Å². The zero-order valence-electron chi connectivity index (χ0n) is 16.6. The van der Waals surface area contributed by atoms with Crippen molar-refractivity contribution in [2.24, 2.45) is 11.8 Å². The van der Waals surface area contributed by atoms with Gasteiger partial charge in [-0.1, -0.05) is 11.6 Å². The van der Waals surface area contributed by atoms with Gasteiger partial charge in [0, 0.05) is 42.5 Å². The number of fused-ring (bicyclic) bond motifs is 1. The Balaban J connectivity index is 1.29. The normalized spacial score (nSPS) is 23.3. The third-order valence-electron chi connectivity index (χ3n) is 6.66. The highest BCUT2D eigenvalue weighted by molar-refractivity contribution is 6.29. The summed E-state index contributed by atoms with van der Waals surface area (Å²) in [6.07, 6.45) is 11.4. The van der Waals surface area contributed by atoms with Crippen LogP contribution in [0.3, 0.4) is 0 Å². The van der Waals surface area contributed by atoms with E-state index >= 15 is 0 Å². The van der Waals surface area contributed by atoms with Gasteiger partial charge in [-0.15, -0.1) is 0 Å². The number of rotatable bonds is 4. The van der Waals surface area contributed by atoms with Crippen molar-refractivity contribution in [2.75, 3.05) is 18.4 Å². The summed E-state index contributed by atoms with van der Waals surface area (Å²) in [5, 5.41) is 9.78. The quantitative estimate of drug-likeness (QED) is 0.578. The largest absolute Gasteiger partial charge is 0.367 e. The first-order valence-corrected chi connectivity index (χ1v) is 11.1. The van der Waals surface area contributed by atoms with Crippen LogP contribution in [0.25, 0.3) is 22.2 Å². The molecule has 29 heavy (non-hydrogen) atoms. The second kappa shape index (κ2) is 8.33. The van der Waals surface area contributed by atoms with E-state index in [1.165, 1.54) is 38.5 Å². The van der Waals surface area contributed by atoms with Gasteiger partial charge < -0.3 is 10.3 Å². The summed E-state index contributed by atoms with van der Waals surface area (Å²) in [6.45, 7) is 2.14. The molecule has 0 atom stereocenters. The lowest BCUT2D eigenvalue weighted by molar-refractivity contribution is 0.196. The molecule has 2 aliphatic rings. The number of anilines is 1. The Hall–Kier alpha value is -2.11. The van der Waals surface area contributed by atoms with Crippen LogP contribution in [0.5, 0.6) is 0 Å². The fourth-order valence-corrected chi connectivity index (χ4v) is 5.32. The minimum Gasteiger partial charge on any atom is -0.367 e. The molecule has 0 amide bonds. The Labute approximate surface area is 176 Å². The molecular weight excluding hydrogens is 382 g/mol. The number of nitrogens with one attached hydrogen (secondary N) is 2. The molecule has 5 nitrogen and oxygen atoms in total. The van der Waals surface area contributed by atoms with Crippen molar-refractivity contribution in [3.63, 3.8) is 0 Å². The topological polar surface area (TPSA) is 67.7 Å². The van der Waals surface area contributed by atoms with Gasteiger partial charge in [0.25, 0.3) is 0 Å². The van der Waals surface area contributed by atoms with Gasteiger partial charge in [0.1, 0.15) is 16.6 Å². The number of hydrogen-bond acceptors (Lipinski definition) is 3. The Kier molecular flexibility index (Phi) is 5.42. The molecule has 0 bridgehead atoms. The van der Waals surface area contributed by atoms with E-state index in [0.717, 1.165) is 52.9 Å². The van der Waals surface area contributed by atoms with Crippen molar-refractivity contribution in [2.45, 2.75) is 44.6 Å². The maximum Gasteiger partial charge on any atom is 0.137 e. The summed E-state index contributed by atoms with van der Waals surface area (Å²) in [4.78, 5) is 12.2. The fourth-order valence-electron chi connectivity index (χ4n) is 5.11. The fraction of sp³-hybridized carbons (Fsp3) is 0.478. The number of halogens is 1. The number of hydrogen-bond donors (Lipinski definition) is 2. The summed E-state index contributed by atoms with van der Waals surface area (Å²) < 4.78 is 0. The second-order valence-corrected chi connectivity index (χ2v) is 8.82. The molecule has 3 aromatic rings. The number of piperidine rings is 1. The van der Waals surface area contributed by atoms with E-state index in [2.05, 4.69) is 37.7 Å². The van der Waals surface area contributed by atoms with E-state index in [0.29, 0.717) is 11.2 Å². The number of aromatic nitrogens is 3. The molecule has 0 spiro atoms. The summed E-state index contributed by atoms with van der Waals surface area (Å²) in [6, 6.07) is 8.54. The van der Waals surface area contributed by atoms with Crippen LogP contribution in [0.15, 0.2) is 36.7 Å². The Morgan fingerprint density at radius 3 is 2.62 bits per heavy atom. The van der Waals surface area contributed by atoms with Gasteiger partial charge in [0.05, 0.1) is 0 Å². The van der Waals surface area contributed by atoms with Gasteiger partial charge in [-0.3, -0.25) is 0 Å². The van der Waals surface area contributed by atoms with Gasteiger partial charge in [-0.05, 0) is 80.2 Å². The van der Waals surface area contributed by atoms with Gasteiger partial charge in [0.15, 0.2) is 0 Å². The van der Waals surface area contributed by atoms with Crippen molar-refractivity contribution >= 4 is 28.5 Å². The van der Waals surface area contributed by atoms with Crippen molar-refractivity contribution in [3.05, 3.63) is 41.8 Å². The first-order valence-electron chi connectivity index (χ1n) is 10.8. The van der Waals surface area contributed by atoms with Crippen molar-refractivity contribution in [3.8, 4) is 11.1 Å². The van der Waals surface area contributed by atoms with Crippen LogP contribution in [0.2, 0.25) is 5.15 Å². The molecule has 151 valence electrons.